The summed E-state index contributed by atoms with van der Waals surface area (Å²) in [7, 11) is 0. The third kappa shape index (κ3) is 4.74. The molecule has 0 amide bonds. The number of carbonyl (C=O) groups is 1. The first-order valence-electron chi connectivity index (χ1n) is 12.6. The van der Waals surface area contributed by atoms with Crippen LogP contribution in [0.3, 0.4) is 0 Å². The Hall–Kier alpha value is -4.47. The second-order valence-corrected chi connectivity index (χ2v) is 9.83. The zero-order valence-electron chi connectivity index (χ0n) is 20.9. The van der Waals surface area contributed by atoms with E-state index in [9.17, 15) is 18.0 Å². The van der Waals surface area contributed by atoms with E-state index < -0.39 is 29.6 Å². The molecule has 0 saturated carbocycles. The maximum atomic E-state index is 15.3. The lowest BCUT2D eigenvalue weighted by Crippen LogP contribution is -2.12. The number of nitrogens with zero attached hydrogens (tertiary/aromatic N) is 2. The van der Waals surface area contributed by atoms with Gasteiger partial charge >= 0.3 is 12.1 Å². The highest BCUT2D eigenvalue weighted by atomic mass is 19.4. The molecule has 204 valence electrons. The zero-order valence-corrected chi connectivity index (χ0v) is 20.9. The molecule has 0 unspecified atom stereocenters. The summed E-state index contributed by atoms with van der Waals surface area (Å²) in [5.74, 6) is -1.33. The molecule has 40 heavy (non-hydrogen) atoms. The Bertz CT molecular complexity index is 1590. The van der Waals surface area contributed by atoms with Crippen LogP contribution in [0.5, 0.6) is 11.5 Å². The second kappa shape index (κ2) is 9.93. The molecule has 2 aliphatic rings. The van der Waals surface area contributed by atoms with Crippen LogP contribution in [0.25, 0.3) is 22.3 Å². The van der Waals surface area contributed by atoms with Crippen molar-refractivity contribution >= 4 is 5.97 Å². The molecule has 4 aromatic rings. The molecule has 1 aromatic heterocycles. The van der Waals surface area contributed by atoms with Crippen LogP contribution >= 0.6 is 0 Å². The maximum absolute atomic E-state index is 15.3. The lowest BCUT2D eigenvalue weighted by atomic mass is 9.90. The van der Waals surface area contributed by atoms with Crippen LogP contribution in [-0.2, 0) is 17.4 Å². The van der Waals surface area contributed by atoms with Crippen LogP contribution in [0, 0.1) is 5.82 Å². The summed E-state index contributed by atoms with van der Waals surface area (Å²) >= 11 is 0. The molecule has 0 radical (unpaired) electrons. The van der Waals surface area contributed by atoms with Gasteiger partial charge in [0, 0.05) is 41.1 Å². The molecular weight excluding hydrogens is 528 g/mol. The van der Waals surface area contributed by atoms with Crippen molar-refractivity contribution in [2.24, 2.45) is 0 Å². The van der Waals surface area contributed by atoms with Crippen molar-refractivity contribution in [2.75, 3.05) is 6.61 Å². The number of fused-ring (bicyclic) bond motifs is 2. The number of aliphatic carboxylic acids is 1. The van der Waals surface area contributed by atoms with E-state index in [1.54, 1.807) is 54.9 Å². The molecule has 2 heterocycles. The second-order valence-electron chi connectivity index (χ2n) is 9.83. The average molecular weight is 551 g/mol. The number of rotatable bonds is 6. The smallest absolute Gasteiger partial charge is 0.417 e. The van der Waals surface area contributed by atoms with Gasteiger partial charge in [0.2, 0.25) is 0 Å². The molecule has 6 rings (SSSR count). The third-order valence-corrected chi connectivity index (χ3v) is 7.34. The van der Waals surface area contributed by atoms with Crippen molar-refractivity contribution in [3.63, 3.8) is 0 Å². The molecule has 1 aliphatic heterocycles. The molecule has 6 nitrogen and oxygen atoms in total. The van der Waals surface area contributed by atoms with Gasteiger partial charge < -0.3 is 14.6 Å². The predicted molar refractivity (Wildman–Crippen MR) is 136 cm³/mol. The molecule has 10 heteroatoms. The molecule has 1 N–H and O–H groups in total. The van der Waals surface area contributed by atoms with Gasteiger partial charge in [-0.1, -0.05) is 30.3 Å². The van der Waals surface area contributed by atoms with Crippen molar-refractivity contribution in [3.8, 4) is 33.8 Å². The van der Waals surface area contributed by atoms with Gasteiger partial charge in [-0.25, -0.2) is 14.4 Å². The number of hydrogen-bond donors (Lipinski definition) is 1. The van der Waals surface area contributed by atoms with Crippen molar-refractivity contribution in [1.82, 2.24) is 9.97 Å². The van der Waals surface area contributed by atoms with Crippen LogP contribution in [0.15, 0.2) is 67.3 Å². The zero-order chi connectivity index (χ0) is 28.0. The van der Waals surface area contributed by atoms with Crippen LogP contribution in [-0.4, -0.2) is 27.7 Å². The summed E-state index contributed by atoms with van der Waals surface area (Å²) in [4.78, 5) is 19.1. The minimum absolute atomic E-state index is 0.0559. The number of aromatic nitrogens is 2. The van der Waals surface area contributed by atoms with Gasteiger partial charge in [-0.05, 0) is 47.2 Å². The average Bonchev–Trinajstić information content (AvgIpc) is 3.53. The quantitative estimate of drug-likeness (QED) is 0.261. The van der Waals surface area contributed by atoms with Crippen molar-refractivity contribution in [2.45, 2.75) is 37.5 Å². The van der Waals surface area contributed by atoms with E-state index >= 15 is 4.39 Å². The van der Waals surface area contributed by atoms with Crippen LogP contribution in [0.4, 0.5) is 17.6 Å². The molecule has 0 spiro atoms. The van der Waals surface area contributed by atoms with Gasteiger partial charge in [-0.15, -0.1) is 0 Å². The summed E-state index contributed by atoms with van der Waals surface area (Å²) in [6, 6.07) is 12.1. The predicted octanol–water partition coefficient (Wildman–Crippen LogP) is 6.99. The fraction of sp³-hybridized carbons (Fsp3) is 0.233. The van der Waals surface area contributed by atoms with E-state index in [2.05, 4.69) is 9.97 Å². The largest absolute Gasteiger partial charge is 0.492 e. The van der Waals surface area contributed by atoms with Gasteiger partial charge in [-0.2, -0.15) is 13.2 Å². The number of hydrogen-bond acceptors (Lipinski definition) is 5. The first kappa shape index (κ1) is 25.8. The number of ether oxygens (including phenoxy) is 2. The van der Waals surface area contributed by atoms with E-state index in [-0.39, 0.29) is 42.1 Å². The first-order chi connectivity index (χ1) is 19.2. The topological polar surface area (TPSA) is 81.5 Å². The summed E-state index contributed by atoms with van der Waals surface area (Å²) in [5.41, 5.74) is 1.81. The lowest BCUT2D eigenvalue weighted by molar-refractivity contribution is -0.138. The molecular formula is C30H22F4N2O4. The number of halogens is 4. The van der Waals surface area contributed by atoms with E-state index in [4.69, 9.17) is 14.6 Å². The fourth-order valence-corrected chi connectivity index (χ4v) is 5.57. The van der Waals surface area contributed by atoms with Gasteiger partial charge in [0.1, 0.15) is 29.7 Å². The van der Waals surface area contributed by atoms with E-state index in [0.29, 0.717) is 29.5 Å². The summed E-state index contributed by atoms with van der Waals surface area (Å²) in [6.45, 7) is 0.228. The lowest BCUT2D eigenvalue weighted by Gasteiger charge is -2.21. The van der Waals surface area contributed by atoms with E-state index in [1.165, 1.54) is 6.33 Å². The maximum Gasteiger partial charge on any atom is 0.417 e. The van der Waals surface area contributed by atoms with Gasteiger partial charge in [-0.3, -0.25) is 4.79 Å². The minimum atomic E-state index is -4.76. The summed E-state index contributed by atoms with van der Waals surface area (Å²) in [5, 5.41) is 9.11. The molecule has 3 aromatic carbocycles. The summed E-state index contributed by atoms with van der Waals surface area (Å²) < 4.78 is 69.5. The van der Waals surface area contributed by atoms with Gasteiger partial charge in [0.25, 0.3) is 0 Å². The molecule has 0 saturated heterocycles. The Morgan fingerprint density at radius 2 is 1.75 bits per heavy atom. The Labute approximate surface area is 226 Å². The molecule has 2 atom stereocenters. The highest BCUT2D eigenvalue weighted by molar-refractivity contribution is 5.77. The highest BCUT2D eigenvalue weighted by Crippen LogP contribution is 2.48. The Kier molecular flexibility index (Phi) is 6.40. The first-order valence-corrected chi connectivity index (χ1v) is 12.6. The highest BCUT2D eigenvalue weighted by Gasteiger charge is 2.40. The number of alkyl halides is 3. The number of benzene rings is 3. The van der Waals surface area contributed by atoms with Crippen molar-refractivity contribution < 1.29 is 36.9 Å². The van der Waals surface area contributed by atoms with Crippen LogP contribution < -0.4 is 9.47 Å². The molecule has 0 bridgehead atoms. The number of carboxylic acid groups (broad SMARTS) is 1. The van der Waals surface area contributed by atoms with Crippen molar-refractivity contribution in [1.29, 1.82) is 0 Å². The van der Waals surface area contributed by atoms with Crippen LogP contribution in [0.1, 0.15) is 47.1 Å². The molecule has 0 fully saturated rings. The SMILES string of the molecule is O=C(O)C[C@@H]1COc2cc(O[C@@H]3CCc4c(-c5ccc(-c6cncnc6)cc5)c(C(F)(F)F)cc(F)c43)ccc21. The monoisotopic (exact) mass is 550 g/mol. The number of carboxylic acids is 1. The van der Waals surface area contributed by atoms with Crippen molar-refractivity contribution in [3.05, 3.63) is 95.3 Å². The van der Waals surface area contributed by atoms with E-state index in [1.807, 2.05) is 0 Å². The Morgan fingerprint density at radius 1 is 1.02 bits per heavy atom. The molecule has 1 aliphatic carbocycles. The summed E-state index contributed by atoms with van der Waals surface area (Å²) in [6.07, 6.45) is -0.537. The third-order valence-electron chi connectivity index (χ3n) is 7.34. The van der Waals surface area contributed by atoms with Gasteiger partial charge in [0.05, 0.1) is 18.6 Å². The normalized spacial score (nSPS) is 17.7. The Balaban J connectivity index is 1.35. The van der Waals surface area contributed by atoms with Gasteiger partial charge in [0.15, 0.2) is 0 Å². The Morgan fingerprint density at radius 3 is 2.45 bits per heavy atom. The standard InChI is InChI=1S/C30H22F4N2O4/c31-24-11-23(30(32,33)34)28(17-3-1-16(2-4-17)19-12-35-15-36-13-19)22-7-8-25(29(22)24)40-20-5-6-21-18(9-27(37)38)14-39-26(21)10-20/h1-6,10-13,15,18,25H,7-9,14H2,(H,37,38)/t18-,25-/m1/s1. The fourth-order valence-electron chi connectivity index (χ4n) is 5.57. The van der Waals surface area contributed by atoms with Crippen LogP contribution in [0.2, 0.25) is 0 Å². The minimum Gasteiger partial charge on any atom is -0.492 e. The van der Waals surface area contributed by atoms with E-state index in [0.717, 1.165) is 16.7 Å².